The molecule has 1 N–H and O–H groups in total. The zero-order valence-electron chi connectivity index (χ0n) is 11.6. The second kappa shape index (κ2) is 6.67. The molecule has 21 heavy (non-hydrogen) atoms. The van der Waals surface area contributed by atoms with Gasteiger partial charge in [0.05, 0.1) is 5.56 Å². The predicted octanol–water partition coefficient (Wildman–Crippen LogP) is 3.39. The fourth-order valence-corrected chi connectivity index (χ4v) is 1.97. The van der Waals surface area contributed by atoms with Crippen LogP contribution in [0.3, 0.4) is 0 Å². The molecule has 112 valence electrons. The van der Waals surface area contributed by atoms with Crippen LogP contribution in [0, 0.1) is 0 Å². The van der Waals surface area contributed by atoms with Crippen LogP contribution < -0.4 is 5.32 Å². The maximum absolute atomic E-state index is 12.5. The molecule has 1 heterocycles. The minimum absolute atomic E-state index is 0.122. The fourth-order valence-electron chi connectivity index (χ4n) is 1.97. The summed E-state index contributed by atoms with van der Waals surface area (Å²) < 4.78 is 37.5. The van der Waals surface area contributed by atoms with E-state index in [0.717, 1.165) is 23.3 Å². The molecule has 0 aliphatic heterocycles. The SMILES string of the molecule is C[C@H](CNCc1cncnc1)c1ccc(C(F)(F)F)cc1. The molecule has 0 saturated carbocycles. The van der Waals surface area contributed by atoms with E-state index in [-0.39, 0.29) is 5.92 Å². The molecule has 1 atom stereocenters. The molecule has 0 unspecified atom stereocenters. The van der Waals surface area contributed by atoms with Gasteiger partial charge >= 0.3 is 6.18 Å². The maximum Gasteiger partial charge on any atom is 0.416 e. The Hall–Kier alpha value is -1.95. The summed E-state index contributed by atoms with van der Waals surface area (Å²) >= 11 is 0. The van der Waals surface area contributed by atoms with Gasteiger partial charge in [-0.1, -0.05) is 19.1 Å². The predicted molar refractivity (Wildman–Crippen MR) is 73.6 cm³/mol. The minimum Gasteiger partial charge on any atom is -0.312 e. The topological polar surface area (TPSA) is 37.8 Å². The quantitative estimate of drug-likeness (QED) is 0.919. The van der Waals surface area contributed by atoms with Crippen molar-refractivity contribution in [1.29, 1.82) is 0 Å². The van der Waals surface area contributed by atoms with Crippen LogP contribution >= 0.6 is 0 Å². The lowest BCUT2D eigenvalue weighted by molar-refractivity contribution is -0.137. The Morgan fingerprint density at radius 2 is 1.71 bits per heavy atom. The van der Waals surface area contributed by atoms with E-state index in [0.29, 0.717) is 13.1 Å². The zero-order valence-corrected chi connectivity index (χ0v) is 11.6. The number of halogens is 3. The van der Waals surface area contributed by atoms with Gasteiger partial charge in [0.2, 0.25) is 0 Å². The summed E-state index contributed by atoms with van der Waals surface area (Å²) in [6, 6.07) is 5.30. The summed E-state index contributed by atoms with van der Waals surface area (Å²) in [7, 11) is 0. The molecule has 2 aromatic rings. The van der Waals surface area contributed by atoms with Crippen molar-refractivity contribution in [2.24, 2.45) is 0 Å². The number of alkyl halides is 3. The molecular formula is C15H16F3N3. The molecule has 0 saturated heterocycles. The third kappa shape index (κ3) is 4.53. The molecule has 0 fully saturated rings. The van der Waals surface area contributed by atoms with Crippen LogP contribution in [0.5, 0.6) is 0 Å². The third-order valence-electron chi connectivity index (χ3n) is 3.20. The van der Waals surface area contributed by atoms with E-state index < -0.39 is 11.7 Å². The first kappa shape index (κ1) is 15.4. The normalized spacial score (nSPS) is 13.1. The average molecular weight is 295 g/mol. The molecule has 0 radical (unpaired) electrons. The van der Waals surface area contributed by atoms with E-state index >= 15 is 0 Å². The maximum atomic E-state index is 12.5. The summed E-state index contributed by atoms with van der Waals surface area (Å²) in [6.45, 7) is 3.27. The number of benzene rings is 1. The van der Waals surface area contributed by atoms with Gasteiger partial charge < -0.3 is 5.32 Å². The van der Waals surface area contributed by atoms with Crippen molar-refractivity contribution in [3.8, 4) is 0 Å². The largest absolute Gasteiger partial charge is 0.416 e. The first-order chi connectivity index (χ1) is 9.97. The van der Waals surface area contributed by atoms with Crippen molar-refractivity contribution in [1.82, 2.24) is 15.3 Å². The van der Waals surface area contributed by atoms with Gasteiger partial charge in [-0.15, -0.1) is 0 Å². The average Bonchev–Trinajstić information content (AvgIpc) is 2.47. The van der Waals surface area contributed by atoms with Gasteiger partial charge in [-0.05, 0) is 23.6 Å². The lowest BCUT2D eigenvalue weighted by Gasteiger charge is -2.14. The van der Waals surface area contributed by atoms with Gasteiger partial charge in [0.1, 0.15) is 6.33 Å². The van der Waals surface area contributed by atoms with Crippen molar-refractivity contribution in [3.05, 3.63) is 59.7 Å². The highest BCUT2D eigenvalue weighted by Crippen LogP contribution is 2.30. The first-order valence-electron chi connectivity index (χ1n) is 6.58. The van der Waals surface area contributed by atoms with E-state index in [4.69, 9.17) is 0 Å². The summed E-state index contributed by atoms with van der Waals surface area (Å²) in [5, 5.41) is 3.24. The van der Waals surface area contributed by atoms with E-state index in [2.05, 4.69) is 15.3 Å². The summed E-state index contributed by atoms with van der Waals surface area (Å²) in [5.41, 5.74) is 1.23. The van der Waals surface area contributed by atoms with Crippen molar-refractivity contribution < 1.29 is 13.2 Å². The van der Waals surface area contributed by atoms with Gasteiger partial charge in [0.25, 0.3) is 0 Å². The number of aromatic nitrogens is 2. The Balaban J connectivity index is 1.87. The van der Waals surface area contributed by atoms with Crippen LogP contribution in [0.2, 0.25) is 0 Å². The van der Waals surface area contributed by atoms with Crippen LogP contribution in [0.25, 0.3) is 0 Å². The Morgan fingerprint density at radius 1 is 1.10 bits per heavy atom. The van der Waals surface area contributed by atoms with Crippen LogP contribution in [-0.4, -0.2) is 16.5 Å². The fraction of sp³-hybridized carbons (Fsp3) is 0.333. The van der Waals surface area contributed by atoms with E-state index in [9.17, 15) is 13.2 Å². The second-order valence-corrected chi connectivity index (χ2v) is 4.90. The van der Waals surface area contributed by atoms with Crippen molar-refractivity contribution in [3.63, 3.8) is 0 Å². The number of rotatable bonds is 5. The van der Waals surface area contributed by atoms with Gasteiger partial charge in [0, 0.05) is 31.0 Å². The Labute approximate surface area is 121 Å². The van der Waals surface area contributed by atoms with E-state index in [1.807, 2.05) is 6.92 Å². The smallest absolute Gasteiger partial charge is 0.312 e. The molecule has 1 aromatic carbocycles. The number of nitrogens with one attached hydrogen (secondary N) is 1. The van der Waals surface area contributed by atoms with Gasteiger partial charge in [-0.2, -0.15) is 13.2 Å². The highest BCUT2D eigenvalue weighted by atomic mass is 19.4. The lowest BCUT2D eigenvalue weighted by Crippen LogP contribution is -2.20. The van der Waals surface area contributed by atoms with Crippen LogP contribution in [0.15, 0.2) is 43.0 Å². The lowest BCUT2D eigenvalue weighted by atomic mass is 9.99. The van der Waals surface area contributed by atoms with Crippen LogP contribution in [0.4, 0.5) is 13.2 Å². The van der Waals surface area contributed by atoms with Gasteiger partial charge in [0.15, 0.2) is 0 Å². The number of nitrogens with zero attached hydrogens (tertiary/aromatic N) is 2. The number of hydrogen-bond acceptors (Lipinski definition) is 3. The Kier molecular flexibility index (Phi) is 4.90. The van der Waals surface area contributed by atoms with Crippen LogP contribution in [-0.2, 0) is 12.7 Å². The monoisotopic (exact) mass is 295 g/mol. The molecule has 0 aliphatic carbocycles. The van der Waals surface area contributed by atoms with Crippen molar-refractivity contribution in [2.45, 2.75) is 25.6 Å². The molecule has 0 bridgehead atoms. The molecule has 1 aromatic heterocycles. The Bertz CT molecular complexity index is 553. The van der Waals surface area contributed by atoms with Gasteiger partial charge in [-0.3, -0.25) is 0 Å². The molecule has 6 heteroatoms. The van der Waals surface area contributed by atoms with Crippen molar-refractivity contribution in [2.75, 3.05) is 6.54 Å². The van der Waals surface area contributed by atoms with E-state index in [1.54, 1.807) is 12.4 Å². The first-order valence-corrected chi connectivity index (χ1v) is 6.58. The third-order valence-corrected chi connectivity index (χ3v) is 3.20. The zero-order chi connectivity index (χ0) is 15.3. The molecule has 0 amide bonds. The Morgan fingerprint density at radius 3 is 2.29 bits per heavy atom. The highest BCUT2D eigenvalue weighted by Gasteiger charge is 2.30. The van der Waals surface area contributed by atoms with Gasteiger partial charge in [-0.25, -0.2) is 9.97 Å². The summed E-state index contributed by atoms with van der Waals surface area (Å²) in [6.07, 6.45) is 0.632. The number of hydrogen-bond donors (Lipinski definition) is 1. The van der Waals surface area contributed by atoms with Crippen molar-refractivity contribution >= 4 is 0 Å². The minimum atomic E-state index is -4.28. The standard InChI is InChI=1S/C15H16F3N3/c1-11(6-19-7-12-8-20-10-21-9-12)13-2-4-14(5-3-13)15(16,17)18/h2-5,8-11,19H,6-7H2,1H3/t11-/m1/s1. The molecular weight excluding hydrogens is 279 g/mol. The molecule has 0 aliphatic rings. The van der Waals surface area contributed by atoms with E-state index in [1.165, 1.54) is 18.5 Å². The molecule has 2 rings (SSSR count). The summed E-state index contributed by atoms with van der Waals surface area (Å²) in [4.78, 5) is 7.83. The molecule has 0 spiro atoms. The highest BCUT2D eigenvalue weighted by molar-refractivity contribution is 5.27. The van der Waals surface area contributed by atoms with Crippen LogP contribution in [0.1, 0.15) is 29.5 Å². The second-order valence-electron chi connectivity index (χ2n) is 4.90. The summed E-state index contributed by atoms with van der Waals surface area (Å²) in [5.74, 6) is 0.122. The molecule has 3 nitrogen and oxygen atoms in total.